The number of benzene rings is 2. The van der Waals surface area contributed by atoms with E-state index in [-0.39, 0.29) is 17.6 Å². The second kappa shape index (κ2) is 9.95. The molecule has 3 rings (SSSR count). The molecule has 1 aliphatic rings. The fourth-order valence-electron chi connectivity index (χ4n) is 3.31. The van der Waals surface area contributed by atoms with Crippen LogP contribution >= 0.6 is 0 Å². The number of carbonyl (C=O) groups is 1. The molecule has 2 aromatic rings. The smallest absolute Gasteiger partial charge is 0.269 e. The number of nitro benzene ring substituents is 1. The van der Waals surface area contributed by atoms with Gasteiger partial charge in [-0.15, -0.1) is 0 Å². The Morgan fingerprint density at radius 2 is 1.76 bits per heavy atom. The first-order chi connectivity index (χ1) is 14.0. The predicted octanol–water partition coefficient (Wildman–Crippen LogP) is 3.25. The van der Waals surface area contributed by atoms with Gasteiger partial charge in [-0.25, -0.2) is 0 Å². The molecule has 0 bridgehead atoms. The van der Waals surface area contributed by atoms with Crippen LogP contribution in [0, 0.1) is 10.1 Å². The van der Waals surface area contributed by atoms with Crippen LogP contribution in [0.2, 0.25) is 0 Å². The van der Waals surface area contributed by atoms with Gasteiger partial charge in [0.15, 0.2) is 0 Å². The van der Waals surface area contributed by atoms with Crippen molar-refractivity contribution < 1.29 is 9.72 Å². The van der Waals surface area contributed by atoms with Crippen molar-refractivity contribution >= 4 is 23.4 Å². The fourth-order valence-corrected chi connectivity index (χ4v) is 3.31. The normalized spacial score (nSPS) is 16.6. The van der Waals surface area contributed by atoms with Crippen molar-refractivity contribution in [3.8, 4) is 0 Å². The van der Waals surface area contributed by atoms with E-state index in [2.05, 4.69) is 39.4 Å². The standard InChI is InChI=1S/C22H26N4O3/c1-18(22(27)23-20-9-11-21(12-10-20)26(28)29)25-16-14-24(15-17-25)13-5-8-19-6-3-2-4-7-19/h2-12,18H,13-17H2,1H3,(H,23,27)/b8-5+/t18-/m1/s1. The molecule has 7 nitrogen and oxygen atoms in total. The SMILES string of the molecule is C[C@H](C(=O)Nc1ccc([N+](=O)[O-])cc1)N1CCN(C/C=C/c2ccccc2)CC1. The zero-order valence-electron chi connectivity index (χ0n) is 16.5. The Bertz CT molecular complexity index is 844. The minimum Gasteiger partial charge on any atom is -0.325 e. The molecule has 0 unspecified atom stereocenters. The highest BCUT2D eigenvalue weighted by atomic mass is 16.6. The van der Waals surface area contributed by atoms with E-state index >= 15 is 0 Å². The van der Waals surface area contributed by atoms with Crippen LogP contribution in [-0.4, -0.2) is 59.4 Å². The van der Waals surface area contributed by atoms with Crippen molar-refractivity contribution in [2.24, 2.45) is 0 Å². The van der Waals surface area contributed by atoms with Crippen molar-refractivity contribution in [1.82, 2.24) is 9.80 Å². The number of nitrogens with one attached hydrogen (secondary N) is 1. The Morgan fingerprint density at radius 3 is 2.38 bits per heavy atom. The lowest BCUT2D eigenvalue weighted by Gasteiger charge is -2.37. The highest BCUT2D eigenvalue weighted by molar-refractivity contribution is 5.94. The van der Waals surface area contributed by atoms with Crippen LogP contribution in [0.5, 0.6) is 0 Å². The molecule has 0 saturated carbocycles. The number of piperazine rings is 1. The molecule has 0 spiro atoms. The van der Waals surface area contributed by atoms with Crippen LogP contribution in [-0.2, 0) is 4.79 Å². The van der Waals surface area contributed by atoms with E-state index in [0.29, 0.717) is 5.69 Å². The molecular formula is C22H26N4O3. The summed E-state index contributed by atoms with van der Waals surface area (Å²) < 4.78 is 0. The van der Waals surface area contributed by atoms with E-state index < -0.39 is 4.92 Å². The van der Waals surface area contributed by atoms with Crippen LogP contribution in [0.4, 0.5) is 11.4 Å². The van der Waals surface area contributed by atoms with Gasteiger partial charge in [-0.1, -0.05) is 42.5 Å². The molecule has 7 heteroatoms. The molecule has 152 valence electrons. The maximum atomic E-state index is 12.5. The van der Waals surface area contributed by atoms with Crippen LogP contribution in [0.3, 0.4) is 0 Å². The number of nitro groups is 1. The maximum Gasteiger partial charge on any atom is 0.269 e. The summed E-state index contributed by atoms with van der Waals surface area (Å²) in [5.41, 5.74) is 1.77. The van der Waals surface area contributed by atoms with E-state index in [1.54, 1.807) is 12.1 Å². The number of nitrogens with zero attached hydrogens (tertiary/aromatic N) is 3. The second-order valence-corrected chi connectivity index (χ2v) is 7.12. The first-order valence-electron chi connectivity index (χ1n) is 9.76. The van der Waals surface area contributed by atoms with E-state index in [1.165, 1.54) is 17.7 Å². The zero-order chi connectivity index (χ0) is 20.6. The number of amides is 1. The average molecular weight is 394 g/mol. The number of carbonyl (C=O) groups excluding carboxylic acids is 1. The van der Waals surface area contributed by atoms with Crippen LogP contribution in [0.15, 0.2) is 60.7 Å². The lowest BCUT2D eigenvalue weighted by atomic mass is 10.2. The van der Waals surface area contributed by atoms with Gasteiger partial charge in [-0.2, -0.15) is 0 Å². The monoisotopic (exact) mass is 394 g/mol. The quantitative estimate of drug-likeness (QED) is 0.576. The zero-order valence-corrected chi connectivity index (χ0v) is 16.5. The third-order valence-corrected chi connectivity index (χ3v) is 5.15. The third-order valence-electron chi connectivity index (χ3n) is 5.15. The van der Waals surface area contributed by atoms with Crippen LogP contribution < -0.4 is 5.32 Å². The van der Waals surface area contributed by atoms with Crippen molar-refractivity contribution in [3.63, 3.8) is 0 Å². The molecular weight excluding hydrogens is 368 g/mol. The molecule has 29 heavy (non-hydrogen) atoms. The highest BCUT2D eigenvalue weighted by Gasteiger charge is 2.25. The number of hydrogen-bond donors (Lipinski definition) is 1. The lowest BCUT2D eigenvalue weighted by Crippen LogP contribution is -2.52. The minimum atomic E-state index is -0.456. The summed E-state index contributed by atoms with van der Waals surface area (Å²) in [4.78, 5) is 27.3. The van der Waals surface area contributed by atoms with Crippen molar-refractivity contribution in [2.45, 2.75) is 13.0 Å². The molecule has 1 fully saturated rings. The molecule has 1 aliphatic heterocycles. The van der Waals surface area contributed by atoms with Gasteiger partial charge in [0.05, 0.1) is 11.0 Å². The molecule has 1 N–H and O–H groups in total. The molecule has 0 aromatic heterocycles. The van der Waals surface area contributed by atoms with Gasteiger partial charge in [0.1, 0.15) is 0 Å². The van der Waals surface area contributed by atoms with E-state index in [0.717, 1.165) is 32.7 Å². The average Bonchev–Trinajstić information content (AvgIpc) is 2.75. The summed E-state index contributed by atoms with van der Waals surface area (Å²) >= 11 is 0. The van der Waals surface area contributed by atoms with E-state index in [9.17, 15) is 14.9 Å². The number of non-ortho nitro benzene ring substituents is 1. The van der Waals surface area contributed by atoms with Gasteiger partial charge in [-0.3, -0.25) is 24.7 Å². The molecule has 1 saturated heterocycles. The maximum absolute atomic E-state index is 12.5. The summed E-state index contributed by atoms with van der Waals surface area (Å²) in [7, 11) is 0. The summed E-state index contributed by atoms with van der Waals surface area (Å²) in [6.45, 7) is 6.27. The highest BCUT2D eigenvalue weighted by Crippen LogP contribution is 2.16. The second-order valence-electron chi connectivity index (χ2n) is 7.12. The molecule has 2 aromatic carbocycles. The summed E-state index contributed by atoms with van der Waals surface area (Å²) in [6, 6.07) is 15.9. The topological polar surface area (TPSA) is 78.7 Å². The van der Waals surface area contributed by atoms with E-state index in [1.807, 2.05) is 25.1 Å². The third kappa shape index (κ3) is 5.97. The number of anilines is 1. The van der Waals surface area contributed by atoms with Crippen molar-refractivity contribution in [3.05, 3.63) is 76.4 Å². The molecule has 0 aliphatic carbocycles. The molecule has 1 atom stereocenters. The number of rotatable bonds is 7. The minimum absolute atomic E-state index is 0.00785. The molecule has 0 radical (unpaired) electrons. The summed E-state index contributed by atoms with van der Waals surface area (Å²) in [5, 5.41) is 13.6. The fraction of sp³-hybridized carbons (Fsp3) is 0.318. The van der Waals surface area contributed by atoms with Gasteiger partial charge in [0.25, 0.3) is 5.69 Å². The van der Waals surface area contributed by atoms with Crippen LogP contribution in [0.1, 0.15) is 12.5 Å². The van der Waals surface area contributed by atoms with Crippen LogP contribution in [0.25, 0.3) is 6.08 Å². The lowest BCUT2D eigenvalue weighted by molar-refractivity contribution is -0.384. The largest absolute Gasteiger partial charge is 0.325 e. The van der Waals surface area contributed by atoms with Gasteiger partial charge in [-0.05, 0) is 24.6 Å². The van der Waals surface area contributed by atoms with Gasteiger partial charge >= 0.3 is 0 Å². The Kier molecular flexibility index (Phi) is 7.10. The van der Waals surface area contributed by atoms with Gasteiger partial charge in [0.2, 0.25) is 5.91 Å². The van der Waals surface area contributed by atoms with Gasteiger partial charge in [0, 0.05) is 50.5 Å². The Hall–Kier alpha value is -3.03. The first-order valence-corrected chi connectivity index (χ1v) is 9.76. The van der Waals surface area contributed by atoms with Crippen molar-refractivity contribution in [2.75, 3.05) is 38.0 Å². The Balaban J connectivity index is 1.44. The number of hydrogen-bond acceptors (Lipinski definition) is 5. The van der Waals surface area contributed by atoms with E-state index in [4.69, 9.17) is 0 Å². The molecule has 1 heterocycles. The first kappa shape index (κ1) is 20.7. The van der Waals surface area contributed by atoms with Gasteiger partial charge < -0.3 is 5.32 Å². The summed E-state index contributed by atoms with van der Waals surface area (Å²) in [6.07, 6.45) is 4.31. The molecule has 1 amide bonds. The summed E-state index contributed by atoms with van der Waals surface area (Å²) in [5.74, 6) is -0.101. The van der Waals surface area contributed by atoms with Crippen molar-refractivity contribution in [1.29, 1.82) is 0 Å². The Morgan fingerprint density at radius 1 is 1.10 bits per heavy atom. The Labute approximate surface area is 170 Å². The predicted molar refractivity (Wildman–Crippen MR) is 115 cm³/mol.